The van der Waals surface area contributed by atoms with Crippen LogP contribution in [0.3, 0.4) is 0 Å². The van der Waals surface area contributed by atoms with Gasteiger partial charge in [0.05, 0.1) is 24.2 Å². The van der Waals surface area contributed by atoms with E-state index in [0.717, 1.165) is 89.2 Å². The Labute approximate surface area is 280 Å². The Kier molecular flexibility index (Phi) is 10.8. The maximum absolute atomic E-state index is 6.24. The molecule has 0 aliphatic carbocycles. The van der Waals surface area contributed by atoms with E-state index in [9.17, 15) is 0 Å². The van der Waals surface area contributed by atoms with Crippen molar-refractivity contribution in [1.29, 1.82) is 0 Å². The van der Waals surface area contributed by atoms with Crippen LogP contribution >= 0.6 is 0 Å². The van der Waals surface area contributed by atoms with Crippen molar-refractivity contribution in [2.45, 2.75) is 85.6 Å². The number of hydrogen-bond donors (Lipinski definition) is 0. The summed E-state index contributed by atoms with van der Waals surface area (Å²) >= 11 is 0. The van der Waals surface area contributed by atoms with Crippen molar-refractivity contribution in [3.05, 3.63) is 95.9 Å². The minimum atomic E-state index is 0.759. The molecule has 47 heavy (non-hydrogen) atoms. The Morgan fingerprint density at radius 1 is 0.638 bits per heavy atom. The third-order valence-corrected chi connectivity index (χ3v) is 9.38. The molecule has 0 fully saturated rings. The van der Waals surface area contributed by atoms with Gasteiger partial charge in [-0.15, -0.1) is 0 Å². The first-order valence-corrected chi connectivity index (χ1v) is 18.1. The summed E-state index contributed by atoms with van der Waals surface area (Å²) < 4.78 is 17.5. The summed E-state index contributed by atoms with van der Waals surface area (Å²) in [5, 5.41) is 7.60. The maximum Gasteiger partial charge on any atom is 0.214 e. The van der Waals surface area contributed by atoms with E-state index >= 15 is 0 Å². The molecule has 4 nitrogen and oxygen atoms in total. The molecule has 0 unspecified atom stereocenters. The van der Waals surface area contributed by atoms with E-state index in [-0.39, 0.29) is 0 Å². The molecule has 4 aromatic carbocycles. The van der Waals surface area contributed by atoms with Crippen molar-refractivity contribution in [3.8, 4) is 11.5 Å². The van der Waals surface area contributed by atoms with Crippen molar-refractivity contribution in [2.24, 2.45) is 0 Å². The lowest BCUT2D eigenvalue weighted by Gasteiger charge is -2.10. The van der Waals surface area contributed by atoms with Crippen molar-refractivity contribution < 1.29 is 14.0 Å². The zero-order chi connectivity index (χ0) is 32.6. The lowest BCUT2D eigenvalue weighted by molar-refractivity contribution is -0.436. The molecule has 244 valence electrons. The van der Waals surface area contributed by atoms with Crippen LogP contribution in [0.15, 0.2) is 85.0 Å². The summed E-state index contributed by atoms with van der Waals surface area (Å²) in [5.74, 6) is 1.98. The minimum Gasteiger partial charge on any atom is -0.493 e. The second-order valence-electron chi connectivity index (χ2n) is 12.7. The fraction of sp³-hybridized carbons (Fsp3) is 0.372. The molecule has 0 spiro atoms. The highest BCUT2D eigenvalue weighted by molar-refractivity contribution is 6.20. The van der Waals surface area contributed by atoms with Gasteiger partial charge in [-0.05, 0) is 49.6 Å². The molecular formula is C43H51N2O2+. The molecule has 1 aromatic heterocycles. The number of allylic oxidation sites excluding steroid dienone is 4. The van der Waals surface area contributed by atoms with Crippen LogP contribution in [0.5, 0.6) is 11.5 Å². The van der Waals surface area contributed by atoms with Crippen LogP contribution in [0, 0.1) is 0 Å². The van der Waals surface area contributed by atoms with Crippen LogP contribution < -0.4 is 14.8 Å². The molecule has 1 aliphatic rings. The van der Waals surface area contributed by atoms with E-state index in [2.05, 4.69) is 128 Å². The Balaban J connectivity index is 1.35. The first-order valence-electron chi connectivity index (χ1n) is 18.1. The first-order chi connectivity index (χ1) is 23.2. The number of aryl methyl sites for hydroxylation is 1. The highest BCUT2D eigenvalue weighted by atomic mass is 16.5. The van der Waals surface area contributed by atoms with E-state index in [0.29, 0.717) is 0 Å². The van der Waals surface area contributed by atoms with Crippen molar-refractivity contribution in [3.63, 3.8) is 0 Å². The van der Waals surface area contributed by atoms with Crippen LogP contribution in [-0.4, -0.2) is 34.6 Å². The molecule has 0 radical (unpaired) electrons. The summed E-state index contributed by atoms with van der Waals surface area (Å²) in [5.41, 5.74) is 5.14. The molecular weight excluding hydrogens is 576 g/mol. The standard InChI is InChI=1S/C43H51N2O2/c1-5-9-28-44-36(32-18-16-20-34-40(46-30-11-7-3)26-24-38(44)42(32)34)22-14-13-15-23-37-33-19-17-21-35-41(47-31-12-8-4)27-25-39(43(33)35)45(37)29-10-6-2/h13-27H,5-12,28-31H2,1-4H3/q+1. The fourth-order valence-electron chi connectivity index (χ4n) is 6.89. The number of aromatic nitrogens is 1. The normalized spacial score (nSPS) is 13.6. The van der Waals surface area contributed by atoms with Gasteiger partial charge in [-0.25, -0.2) is 0 Å². The fourth-order valence-corrected chi connectivity index (χ4v) is 6.89. The average Bonchev–Trinajstić information content (AvgIpc) is 3.57. The molecule has 0 saturated heterocycles. The number of nitrogens with zero attached hydrogens (tertiary/aromatic N) is 2. The summed E-state index contributed by atoms with van der Waals surface area (Å²) in [6.07, 6.45) is 20.2. The summed E-state index contributed by atoms with van der Waals surface area (Å²) in [6, 6.07) is 22.2. The molecule has 6 rings (SSSR count). The van der Waals surface area contributed by atoms with Crippen LogP contribution in [0.2, 0.25) is 0 Å². The summed E-state index contributed by atoms with van der Waals surface area (Å²) in [7, 11) is 0. The molecule has 1 aliphatic heterocycles. The Hall–Kier alpha value is -4.31. The topological polar surface area (TPSA) is 26.4 Å². The van der Waals surface area contributed by atoms with E-state index in [1.54, 1.807) is 0 Å². The second-order valence-corrected chi connectivity index (χ2v) is 12.7. The smallest absolute Gasteiger partial charge is 0.214 e. The summed E-state index contributed by atoms with van der Waals surface area (Å²) in [6.45, 7) is 12.5. The van der Waals surface area contributed by atoms with Crippen molar-refractivity contribution in [1.82, 2.24) is 4.57 Å². The Morgan fingerprint density at radius 2 is 1.30 bits per heavy atom. The Morgan fingerprint density at radius 3 is 2.02 bits per heavy atom. The average molecular weight is 628 g/mol. The largest absolute Gasteiger partial charge is 0.493 e. The highest BCUT2D eigenvalue weighted by Crippen LogP contribution is 2.40. The third-order valence-electron chi connectivity index (χ3n) is 9.38. The van der Waals surface area contributed by atoms with Gasteiger partial charge in [0, 0.05) is 57.5 Å². The van der Waals surface area contributed by atoms with Crippen LogP contribution in [-0.2, 0) is 6.54 Å². The molecule has 0 bridgehead atoms. The highest BCUT2D eigenvalue weighted by Gasteiger charge is 2.31. The van der Waals surface area contributed by atoms with Gasteiger partial charge >= 0.3 is 0 Å². The number of hydrogen-bond acceptors (Lipinski definition) is 2. The number of rotatable bonds is 17. The molecule has 4 heteroatoms. The molecule has 0 amide bonds. The van der Waals surface area contributed by atoms with Gasteiger partial charge in [-0.2, -0.15) is 4.58 Å². The van der Waals surface area contributed by atoms with Gasteiger partial charge in [0.2, 0.25) is 11.4 Å². The minimum absolute atomic E-state index is 0.759. The first kappa shape index (κ1) is 32.6. The van der Waals surface area contributed by atoms with Gasteiger partial charge in [0.25, 0.3) is 0 Å². The predicted molar refractivity (Wildman–Crippen MR) is 201 cm³/mol. The van der Waals surface area contributed by atoms with Crippen LogP contribution in [0.4, 0.5) is 5.69 Å². The number of ether oxygens (including phenoxy) is 2. The SMILES string of the molecule is CCCCOc1ccc2c3c(cccc13)C(/C=C/C=C/C=c1/c3cccc4c(OCCCC)ccc(c43)n1CCCC)=[N+]2CCCC. The van der Waals surface area contributed by atoms with E-state index in [4.69, 9.17) is 9.47 Å². The molecule has 5 aromatic rings. The Bertz CT molecular complexity index is 1990. The monoisotopic (exact) mass is 627 g/mol. The quantitative estimate of drug-likeness (QED) is 0.0582. The molecule has 2 heterocycles. The van der Waals surface area contributed by atoms with Gasteiger partial charge in [-0.1, -0.05) is 102 Å². The maximum atomic E-state index is 6.24. The van der Waals surface area contributed by atoms with Crippen LogP contribution in [0.1, 0.15) is 84.6 Å². The molecule has 0 atom stereocenters. The third kappa shape index (κ3) is 6.61. The van der Waals surface area contributed by atoms with Gasteiger partial charge in [0.1, 0.15) is 18.0 Å². The number of unbranched alkanes of at least 4 members (excludes halogenated alkanes) is 4. The van der Waals surface area contributed by atoms with Gasteiger partial charge in [-0.3, -0.25) is 0 Å². The van der Waals surface area contributed by atoms with E-state index in [1.807, 2.05) is 0 Å². The van der Waals surface area contributed by atoms with Crippen molar-refractivity contribution in [2.75, 3.05) is 19.8 Å². The predicted octanol–water partition coefficient (Wildman–Crippen LogP) is 10.7. The number of benzene rings is 4. The zero-order valence-corrected chi connectivity index (χ0v) is 28.9. The van der Waals surface area contributed by atoms with Crippen LogP contribution in [0.25, 0.3) is 38.5 Å². The lowest BCUT2D eigenvalue weighted by atomic mass is 10.0. The second kappa shape index (κ2) is 15.5. The molecule has 0 N–H and O–H groups in total. The lowest BCUT2D eigenvalue weighted by Crippen LogP contribution is -2.16. The summed E-state index contributed by atoms with van der Waals surface area (Å²) in [4.78, 5) is 0. The molecule has 0 saturated carbocycles. The zero-order valence-electron chi connectivity index (χ0n) is 28.9. The van der Waals surface area contributed by atoms with Gasteiger partial charge < -0.3 is 14.0 Å². The van der Waals surface area contributed by atoms with Gasteiger partial charge in [0.15, 0.2) is 0 Å². The van der Waals surface area contributed by atoms with E-state index in [1.165, 1.54) is 54.8 Å². The van der Waals surface area contributed by atoms with Crippen molar-refractivity contribution >= 4 is 49.9 Å². The van der Waals surface area contributed by atoms with E-state index < -0.39 is 0 Å².